The van der Waals surface area contributed by atoms with Gasteiger partial charge in [-0.25, -0.2) is 0 Å². The number of carbonyl (C=O) groups is 1. The predicted octanol–water partition coefficient (Wildman–Crippen LogP) is 4.21. The highest BCUT2D eigenvalue weighted by molar-refractivity contribution is 6.10. The lowest BCUT2D eigenvalue weighted by atomic mass is 10.2. The summed E-state index contributed by atoms with van der Waals surface area (Å²) in [4.78, 5) is 19.3. The van der Waals surface area contributed by atoms with Crippen LogP contribution in [0.5, 0.6) is 0 Å². The predicted molar refractivity (Wildman–Crippen MR) is 111 cm³/mol. The summed E-state index contributed by atoms with van der Waals surface area (Å²) in [5.41, 5.74) is 5.17. The number of pyridine rings is 1. The highest BCUT2D eigenvalue weighted by Crippen LogP contribution is 2.37. The first-order valence-corrected chi connectivity index (χ1v) is 9.85. The van der Waals surface area contributed by atoms with Gasteiger partial charge >= 0.3 is 0 Å². The smallest absolute Gasteiger partial charge is 0.270 e. The lowest BCUT2D eigenvalue weighted by molar-refractivity contribution is 0.0774. The summed E-state index contributed by atoms with van der Waals surface area (Å²) in [6.07, 6.45) is 4.37. The zero-order valence-electron chi connectivity index (χ0n) is 16.3. The van der Waals surface area contributed by atoms with E-state index in [1.165, 1.54) is 23.7 Å². The fourth-order valence-electron chi connectivity index (χ4n) is 4.11. The van der Waals surface area contributed by atoms with Crippen molar-refractivity contribution in [2.45, 2.75) is 25.9 Å². The van der Waals surface area contributed by atoms with Crippen LogP contribution < -0.4 is 0 Å². The van der Waals surface area contributed by atoms with Gasteiger partial charge in [-0.2, -0.15) is 0 Å². The first kappa shape index (κ1) is 17.0. The van der Waals surface area contributed by atoms with Crippen LogP contribution in [0.25, 0.3) is 21.9 Å². The van der Waals surface area contributed by atoms with E-state index in [4.69, 9.17) is 0 Å². The molecule has 1 saturated carbocycles. The third-order valence-corrected chi connectivity index (χ3v) is 5.78. The topological polar surface area (TPSA) is 43.1 Å². The SMILES string of the molecule is CN(Cc1ccccn1)C(=O)c1cc2c(c3ccccc3n2CC2CC2)n1C. The molecule has 1 amide bonds. The van der Waals surface area contributed by atoms with Gasteiger partial charge in [-0.1, -0.05) is 24.3 Å². The van der Waals surface area contributed by atoms with E-state index in [9.17, 15) is 4.79 Å². The van der Waals surface area contributed by atoms with E-state index in [1.54, 1.807) is 11.1 Å². The summed E-state index contributed by atoms with van der Waals surface area (Å²) >= 11 is 0. The van der Waals surface area contributed by atoms with Gasteiger partial charge < -0.3 is 14.0 Å². The quantitative estimate of drug-likeness (QED) is 0.527. The van der Waals surface area contributed by atoms with Gasteiger partial charge in [0.1, 0.15) is 5.69 Å². The lowest BCUT2D eigenvalue weighted by Crippen LogP contribution is -2.28. The van der Waals surface area contributed by atoms with Crippen molar-refractivity contribution in [3.05, 3.63) is 66.1 Å². The molecular formula is C23H24N4O. The molecule has 0 N–H and O–H groups in total. The van der Waals surface area contributed by atoms with Crippen LogP contribution in [0.4, 0.5) is 0 Å². The highest BCUT2D eigenvalue weighted by Gasteiger charge is 2.26. The van der Waals surface area contributed by atoms with E-state index in [0.29, 0.717) is 6.54 Å². The maximum Gasteiger partial charge on any atom is 0.270 e. The molecule has 0 saturated heterocycles. The van der Waals surface area contributed by atoms with E-state index in [1.807, 2.05) is 32.3 Å². The largest absolute Gasteiger partial charge is 0.339 e. The molecule has 0 spiro atoms. The molecule has 1 aromatic carbocycles. The average Bonchev–Trinajstić information content (AvgIpc) is 3.40. The Kier molecular flexibility index (Phi) is 3.97. The number of para-hydroxylation sites is 1. The Balaban J connectivity index is 1.56. The summed E-state index contributed by atoms with van der Waals surface area (Å²) in [5.74, 6) is 0.789. The normalized spacial score (nSPS) is 14.1. The number of hydrogen-bond acceptors (Lipinski definition) is 2. The molecule has 0 unspecified atom stereocenters. The van der Waals surface area contributed by atoms with Gasteiger partial charge in [0.25, 0.3) is 5.91 Å². The zero-order chi connectivity index (χ0) is 19.3. The second-order valence-electron chi connectivity index (χ2n) is 7.88. The van der Waals surface area contributed by atoms with Crippen molar-refractivity contribution in [1.82, 2.24) is 19.0 Å². The summed E-state index contributed by atoms with van der Waals surface area (Å²) < 4.78 is 4.45. The number of nitrogens with zero attached hydrogens (tertiary/aromatic N) is 4. The number of carbonyl (C=O) groups excluding carboxylic acids is 1. The van der Waals surface area contributed by atoms with Crippen molar-refractivity contribution in [2.24, 2.45) is 13.0 Å². The molecule has 1 aliphatic rings. The van der Waals surface area contributed by atoms with Crippen molar-refractivity contribution >= 4 is 27.8 Å². The first-order valence-electron chi connectivity index (χ1n) is 9.85. The van der Waals surface area contributed by atoms with Gasteiger partial charge in [0.2, 0.25) is 0 Å². The van der Waals surface area contributed by atoms with Crippen LogP contribution in [0, 0.1) is 5.92 Å². The monoisotopic (exact) mass is 372 g/mol. The zero-order valence-corrected chi connectivity index (χ0v) is 16.3. The first-order chi connectivity index (χ1) is 13.6. The summed E-state index contributed by atoms with van der Waals surface area (Å²) in [5, 5.41) is 1.21. The Morgan fingerprint density at radius 1 is 1.14 bits per heavy atom. The Labute approximate surface area is 164 Å². The summed E-state index contributed by atoms with van der Waals surface area (Å²) in [6.45, 7) is 1.53. The molecule has 3 heterocycles. The highest BCUT2D eigenvalue weighted by atomic mass is 16.2. The van der Waals surface area contributed by atoms with E-state index in [-0.39, 0.29) is 5.91 Å². The third kappa shape index (κ3) is 2.78. The molecule has 3 aromatic heterocycles. The Hall–Kier alpha value is -3.08. The minimum Gasteiger partial charge on any atom is -0.339 e. The van der Waals surface area contributed by atoms with Crippen LogP contribution in [-0.2, 0) is 20.1 Å². The minimum atomic E-state index is 0.0198. The molecule has 142 valence electrons. The number of rotatable bonds is 5. The molecule has 0 radical (unpaired) electrons. The van der Waals surface area contributed by atoms with Crippen molar-refractivity contribution in [2.75, 3.05) is 7.05 Å². The second kappa shape index (κ2) is 6.51. The Morgan fingerprint density at radius 3 is 2.68 bits per heavy atom. The van der Waals surface area contributed by atoms with Crippen LogP contribution in [0.3, 0.4) is 0 Å². The van der Waals surface area contributed by atoms with Gasteiger partial charge in [-0.3, -0.25) is 9.78 Å². The number of amides is 1. The molecular weight excluding hydrogens is 348 g/mol. The van der Waals surface area contributed by atoms with Crippen LogP contribution in [-0.4, -0.2) is 32.0 Å². The molecule has 5 nitrogen and oxygen atoms in total. The lowest BCUT2D eigenvalue weighted by Gasteiger charge is -2.17. The summed E-state index contributed by atoms with van der Waals surface area (Å²) in [6, 6.07) is 16.4. The van der Waals surface area contributed by atoms with Gasteiger partial charge in [-0.15, -0.1) is 0 Å². The van der Waals surface area contributed by atoms with Crippen LogP contribution in [0.15, 0.2) is 54.7 Å². The van der Waals surface area contributed by atoms with Crippen LogP contribution in [0.2, 0.25) is 0 Å². The van der Waals surface area contributed by atoms with Gasteiger partial charge in [0.05, 0.1) is 28.8 Å². The number of fused-ring (bicyclic) bond motifs is 3. The molecule has 0 atom stereocenters. The molecule has 0 aliphatic heterocycles. The Morgan fingerprint density at radius 2 is 1.93 bits per heavy atom. The van der Waals surface area contributed by atoms with Crippen LogP contribution >= 0.6 is 0 Å². The molecule has 1 fully saturated rings. The van der Waals surface area contributed by atoms with Gasteiger partial charge in [-0.05, 0) is 43.0 Å². The number of benzene rings is 1. The fourth-order valence-corrected chi connectivity index (χ4v) is 4.11. The van der Waals surface area contributed by atoms with Crippen molar-refractivity contribution < 1.29 is 4.79 Å². The van der Waals surface area contributed by atoms with Crippen molar-refractivity contribution in [1.29, 1.82) is 0 Å². The molecule has 5 heteroatoms. The van der Waals surface area contributed by atoms with E-state index >= 15 is 0 Å². The number of aryl methyl sites for hydroxylation is 1. The fraction of sp³-hybridized carbons (Fsp3) is 0.304. The van der Waals surface area contributed by atoms with E-state index in [0.717, 1.165) is 34.9 Å². The van der Waals surface area contributed by atoms with E-state index < -0.39 is 0 Å². The molecule has 4 aromatic rings. The second-order valence-corrected chi connectivity index (χ2v) is 7.88. The third-order valence-electron chi connectivity index (χ3n) is 5.78. The van der Waals surface area contributed by atoms with Gasteiger partial charge in [0, 0.05) is 32.2 Å². The molecule has 28 heavy (non-hydrogen) atoms. The van der Waals surface area contributed by atoms with Crippen LogP contribution in [0.1, 0.15) is 29.0 Å². The Bertz CT molecular complexity index is 1170. The van der Waals surface area contributed by atoms with Gasteiger partial charge in [0.15, 0.2) is 0 Å². The minimum absolute atomic E-state index is 0.0198. The average molecular weight is 372 g/mol. The molecule has 5 rings (SSSR count). The number of aromatic nitrogens is 3. The van der Waals surface area contributed by atoms with Crippen molar-refractivity contribution in [3.8, 4) is 0 Å². The summed E-state index contributed by atoms with van der Waals surface area (Å²) in [7, 11) is 3.84. The standard InChI is InChI=1S/C23H24N4O/c1-25(15-17-7-5-6-12-24-17)23(28)21-13-20-22(26(21)2)18-8-3-4-9-19(18)27(20)14-16-10-11-16/h3-9,12-13,16H,10-11,14-15H2,1-2H3. The van der Waals surface area contributed by atoms with Crippen molar-refractivity contribution in [3.63, 3.8) is 0 Å². The number of hydrogen-bond donors (Lipinski definition) is 0. The molecule has 0 bridgehead atoms. The maximum absolute atomic E-state index is 13.2. The maximum atomic E-state index is 13.2. The molecule has 1 aliphatic carbocycles. The van der Waals surface area contributed by atoms with E-state index in [2.05, 4.69) is 44.5 Å².